The molecule has 7 heteroatoms. The topological polar surface area (TPSA) is 93.5 Å². The highest BCUT2D eigenvalue weighted by atomic mass is 32.1. The van der Waals surface area contributed by atoms with Crippen molar-refractivity contribution in [1.82, 2.24) is 5.32 Å². The molecule has 21 heavy (non-hydrogen) atoms. The van der Waals surface area contributed by atoms with Gasteiger partial charge in [0.05, 0.1) is 12.3 Å². The number of hydrogen-bond acceptors (Lipinski definition) is 6. The number of anilines is 2. The highest BCUT2D eigenvalue weighted by Crippen LogP contribution is 2.36. The Balaban J connectivity index is 3.16. The van der Waals surface area contributed by atoms with Crippen LogP contribution in [-0.2, 0) is 4.74 Å². The molecular weight excluding hydrogens is 290 g/mol. The number of esters is 1. The quantitative estimate of drug-likeness (QED) is 0.672. The Hall–Kier alpha value is -1.76. The summed E-state index contributed by atoms with van der Waals surface area (Å²) in [5.74, 6) is -0.382. The van der Waals surface area contributed by atoms with Gasteiger partial charge in [-0.3, -0.25) is 4.79 Å². The maximum Gasteiger partial charge on any atom is 0.343 e. The van der Waals surface area contributed by atoms with Gasteiger partial charge in [-0.15, -0.1) is 11.3 Å². The van der Waals surface area contributed by atoms with E-state index < -0.39 is 5.97 Å². The first-order valence-corrected chi connectivity index (χ1v) is 7.85. The van der Waals surface area contributed by atoms with Crippen LogP contribution in [0.5, 0.6) is 0 Å². The van der Waals surface area contributed by atoms with Gasteiger partial charge < -0.3 is 21.1 Å². The molecule has 6 nitrogen and oxygen atoms in total. The van der Waals surface area contributed by atoms with Crippen LogP contribution in [0, 0.1) is 5.92 Å². The van der Waals surface area contributed by atoms with Crippen molar-refractivity contribution >= 4 is 33.9 Å². The van der Waals surface area contributed by atoms with E-state index in [1.807, 2.05) is 6.92 Å². The number of thiophene rings is 1. The second-order valence-corrected chi connectivity index (χ2v) is 5.92. The Morgan fingerprint density at radius 3 is 2.52 bits per heavy atom. The number of ether oxygens (including phenoxy) is 1. The monoisotopic (exact) mass is 313 g/mol. The van der Waals surface area contributed by atoms with E-state index in [1.54, 1.807) is 6.92 Å². The molecule has 0 radical (unpaired) electrons. The van der Waals surface area contributed by atoms with Gasteiger partial charge in [0.15, 0.2) is 0 Å². The third-order valence-corrected chi connectivity index (χ3v) is 3.80. The molecule has 0 saturated heterocycles. The lowest BCUT2D eigenvalue weighted by Crippen LogP contribution is -2.22. The summed E-state index contributed by atoms with van der Waals surface area (Å²) in [6.07, 6.45) is 0. The summed E-state index contributed by atoms with van der Waals surface area (Å²) in [7, 11) is 0. The highest BCUT2D eigenvalue weighted by Gasteiger charge is 2.26. The maximum atomic E-state index is 12.1. The van der Waals surface area contributed by atoms with Crippen molar-refractivity contribution in [3.05, 3.63) is 10.4 Å². The normalized spacial score (nSPS) is 10.5. The first-order valence-electron chi connectivity index (χ1n) is 7.03. The Labute approximate surface area is 129 Å². The van der Waals surface area contributed by atoms with Crippen molar-refractivity contribution in [2.75, 3.05) is 30.7 Å². The molecule has 0 saturated carbocycles. The molecule has 0 unspecified atom stereocenters. The van der Waals surface area contributed by atoms with Crippen LogP contribution >= 0.6 is 11.3 Å². The molecule has 0 bridgehead atoms. The molecule has 1 rings (SSSR count). The summed E-state index contributed by atoms with van der Waals surface area (Å²) in [5.41, 5.74) is 6.41. The molecular formula is C14H23N3O3S. The number of carbonyl (C=O) groups is 2. The first-order chi connectivity index (χ1) is 9.92. The number of nitrogens with two attached hydrogens (primary N) is 1. The predicted molar refractivity (Wildman–Crippen MR) is 86.0 cm³/mol. The summed E-state index contributed by atoms with van der Waals surface area (Å²) in [4.78, 5) is 24.4. The van der Waals surface area contributed by atoms with Crippen molar-refractivity contribution in [2.24, 2.45) is 5.92 Å². The zero-order valence-electron chi connectivity index (χ0n) is 12.9. The van der Waals surface area contributed by atoms with E-state index in [-0.39, 0.29) is 23.8 Å². The molecule has 1 heterocycles. The predicted octanol–water partition coefficient (Wildman–Crippen LogP) is 2.32. The summed E-state index contributed by atoms with van der Waals surface area (Å²) in [5, 5.41) is 6.44. The second-order valence-electron chi connectivity index (χ2n) is 4.90. The van der Waals surface area contributed by atoms with Crippen molar-refractivity contribution in [3.8, 4) is 0 Å². The Kier molecular flexibility index (Phi) is 6.48. The number of rotatable bonds is 7. The van der Waals surface area contributed by atoms with Crippen LogP contribution in [0.1, 0.15) is 47.7 Å². The molecule has 0 aliphatic carbocycles. The zero-order valence-corrected chi connectivity index (χ0v) is 13.7. The molecule has 0 spiro atoms. The van der Waals surface area contributed by atoms with Crippen LogP contribution in [0.4, 0.5) is 10.7 Å². The van der Waals surface area contributed by atoms with E-state index in [2.05, 4.69) is 24.5 Å². The minimum atomic E-state index is -0.506. The summed E-state index contributed by atoms with van der Waals surface area (Å²) in [6.45, 7) is 9.10. The minimum Gasteiger partial charge on any atom is -0.462 e. The average molecular weight is 313 g/mol. The molecule has 0 aliphatic rings. The lowest BCUT2D eigenvalue weighted by Gasteiger charge is -2.09. The molecule has 0 aromatic carbocycles. The van der Waals surface area contributed by atoms with E-state index in [4.69, 9.17) is 10.5 Å². The van der Waals surface area contributed by atoms with Crippen LogP contribution < -0.4 is 16.4 Å². The van der Waals surface area contributed by atoms with Gasteiger partial charge in [-0.1, -0.05) is 13.8 Å². The first kappa shape index (κ1) is 17.3. The maximum absolute atomic E-state index is 12.1. The Bertz CT molecular complexity index is 512. The summed E-state index contributed by atoms with van der Waals surface area (Å²) >= 11 is 1.18. The zero-order chi connectivity index (χ0) is 16.0. The van der Waals surface area contributed by atoms with Crippen molar-refractivity contribution < 1.29 is 14.3 Å². The smallest absolute Gasteiger partial charge is 0.343 e. The molecule has 0 atom stereocenters. The van der Waals surface area contributed by atoms with Crippen LogP contribution in [0.2, 0.25) is 0 Å². The Morgan fingerprint density at radius 1 is 1.33 bits per heavy atom. The second kappa shape index (κ2) is 7.87. The molecule has 0 fully saturated rings. The van der Waals surface area contributed by atoms with Gasteiger partial charge in [0.2, 0.25) is 0 Å². The van der Waals surface area contributed by atoms with Gasteiger partial charge >= 0.3 is 5.97 Å². The lowest BCUT2D eigenvalue weighted by molar-refractivity contribution is 0.0529. The van der Waals surface area contributed by atoms with E-state index in [9.17, 15) is 9.59 Å². The van der Waals surface area contributed by atoms with Gasteiger partial charge in [-0.05, 0) is 19.8 Å². The highest BCUT2D eigenvalue weighted by molar-refractivity contribution is 7.19. The van der Waals surface area contributed by atoms with Crippen molar-refractivity contribution in [2.45, 2.75) is 27.7 Å². The summed E-state index contributed by atoms with van der Waals surface area (Å²) < 4.78 is 5.03. The molecule has 1 aromatic heterocycles. The van der Waals surface area contributed by atoms with E-state index in [0.717, 1.165) is 0 Å². The molecule has 0 aliphatic heterocycles. The Morgan fingerprint density at radius 2 is 2.00 bits per heavy atom. The van der Waals surface area contributed by atoms with Gasteiger partial charge in [-0.25, -0.2) is 4.79 Å². The van der Waals surface area contributed by atoms with E-state index in [0.29, 0.717) is 28.9 Å². The van der Waals surface area contributed by atoms with Gasteiger partial charge in [-0.2, -0.15) is 0 Å². The SMILES string of the molecule is CCNC(=O)c1sc(NCC(C)C)c(C(=O)OCC)c1N. The number of nitrogen functional groups attached to an aromatic ring is 1. The number of nitrogens with one attached hydrogen (secondary N) is 2. The number of amides is 1. The van der Waals surface area contributed by atoms with Gasteiger partial charge in [0.25, 0.3) is 5.91 Å². The fraction of sp³-hybridized carbons (Fsp3) is 0.571. The standard InChI is InChI=1S/C14H23N3O3S/c1-5-16-12(18)11-10(15)9(14(19)20-6-2)13(21-11)17-7-8(3)4/h8,17H,5-7,15H2,1-4H3,(H,16,18). The molecule has 118 valence electrons. The van der Waals surface area contributed by atoms with Crippen molar-refractivity contribution in [3.63, 3.8) is 0 Å². The van der Waals surface area contributed by atoms with Crippen LogP contribution in [0.3, 0.4) is 0 Å². The fourth-order valence-electron chi connectivity index (χ4n) is 1.68. The summed E-state index contributed by atoms with van der Waals surface area (Å²) in [6, 6.07) is 0. The van der Waals surface area contributed by atoms with Crippen LogP contribution in [-0.4, -0.2) is 31.6 Å². The van der Waals surface area contributed by atoms with E-state index >= 15 is 0 Å². The van der Waals surface area contributed by atoms with E-state index in [1.165, 1.54) is 11.3 Å². The van der Waals surface area contributed by atoms with Crippen LogP contribution in [0.15, 0.2) is 0 Å². The molecule has 4 N–H and O–H groups in total. The minimum absolute atomic E-state index is 0.177. The average Bonchev–Trinajstić information content (AvgIpc) is 2.74. The fourth-order valence-corrected chi connectivity index (χ4v) is 2.71. The van der Waals surface area contributed by atoms with Crippen molar-refractivity contribution in [1.29, 1.82) is 0 Å². The van der Waals surface area contributed by atoms with Gasteiger partial charge in [0.1, 0.15) is 15.4 Å². The number of hydrogen-bond donors (Lipinski definition) is 3. The molecule has 1 amide bonds. The van der Waals surface area contributed by atoms with Crippen LogP contribution in [0.25, 0.3) is 0 Å². The third kappa shape index (κ3) is 4.35. The largest absolute Gasteiger partial charge is 0.462 e. The lowest BCUT2D eigenvalue weighted by atomic mass is 10.2. The third-order valence-electron chi connectivity index (χ3n) is 2.64. The molecule has 1 aromatic rings. The number of carbonyl (C=O) groups excluding carboxylic acids is 2. The van der Waals surface area contributed by atoms with Gasteiger partial charge in [0, 0.05) is 13.1 Å².